The number of carbonyl (C=O) groups is 1. The molecule has 3 aromatic rings. The van der Waals surface area contributed by atoms with Gasteiger partial charge in [-0.15, -0.1) is 0 Å². The van der Waals surface area contributed by atoms with Crippen molar-refractivity contribution < 1.29 is 14.6 Å². The molecule has 2 aromatic carbocycles. The average molecular weight is 356 g/mol. The summed E-state index contributed by atoms with van der Waals surface area (Å²) in [4.78, 5) is 11.0. The Morgan fingerprint density at radius 2 is 1.80 bits per heavy atom. The van der Waals surface area contributed by atoms with E-state index in [4.69, 9.17) is 21.4 Å². The molecule has 128 valence electrons. The van der Waals surface area contributed by atoms with E-state index in [1.54, 1.807) is 7.11 Å². The van der Waals surface area contributed by atoms with Gasteiger partial charge >= 0.3 is 5.97 Å². The van der Waals surface area contributed by atoms with Crippen molar-refractivity contribution in [3.63, 3.8) is 0 Å². The van der Waals surface area contributed by atoms with Gasteiger partial charge in [0.25, 0.3) is 0 Å². The van der Waals surface area contributed by atoms with Gasteiger partial charge in [-0.1, -0.05) is 23.7 Å². The number of carboxylic acid groups (broad SMARTS) is 1. The van der Waals surface area contributed by atoms with Crippen molar-refractivity contribution in [2.45, 2.75) is 12.8 Å². The van der Waals surface area contributed by atoms with Crippen LogP contribution in [-0.4, -0.2) is 22.8 Å². The van der Waals surface area contributed by atoms with Crippen LogP contribution in [0.5, 0.6) is 5.75 Å². The lowest BCUT2D eigenvalue weighted by molar-refractivity contribution is -0.136. The second-order valence-electron chi connectivity index (χ2n) is 5.62. The first-order valence-corrected chi connectivity index (χ1v) is 8.29. The van der Waals surface area contributed by atoms with Gasteiger partial charge in [0.05, 0.1) is 29.9 Å². The number of aliphatic carboxylic acids is 1. The molecule has 0 atom stereocenters. The number of methoxy groups -OCH3 is 1. The summed E-state index contributed by atoms with van der Waals surface area (Å²) in [7, 11) is 1.63. The standard InChI is InChI=1S/C20H18ClNO3/c1-25-16-10-6-14(7-11-16)18-12-8-15(9-13-20(23)24)22(18)19-5-3-2-4-17(19)21/h2-8,10-12H,9,13H2,1H3,(H,23,24). The average Bonchev–Trinajstić information content (AvgIpc) is 3.04. The molecule has 0 aliphatic heterocycles. The molecule has 0 saturated heterocycles. The Balaban J connectivity index is 2.11. The summed E-state index contributed by atoms with van der Waals surface area (Å²) in [5.74, 6) is -0.0383. The Hall–Kier alpha value is -2.72. The van der Waals surface area contributed by atoms with Gasteiger partial charge in [-0.3, -0.25) is 4.79 Å². The lowest BCUT2D eigenvalue weighted by atomic mass is 10.1. The van der Waals surface area contributed by atoms with Crippen LogP contribution < -0.4 is 4.74 Å². The topological polar surface area (TPSA) is 51.5 Å². The summed E-state index contributed by atoms with van der Waals surface area (Å²) in [5, 5.41) is 9.64. The second-order valence-corrected chi connectivity index (χ2v) is 6.03. The Morgan fingerprint density at radius 1 is 1.08 bits per heavy atom. The van der Waals surface area contributed by atoms with Crippen LogP contribution in [0.4, 0.5) is 0 Å². The minimum atomic E-state index is -0.821. The first kappa shape index (κ1) is 17.1. The number of ether oxygens (including phenoxy) is 1. The van der Waals surface area contributed by atoms with Crippen LogP contribution in [0.2, 0.25) is 5.02 Å². The molecule has 0 radical (unpaired) electrons. The van der Waals surface area contributed by atoms with E-state index in [0.29, 0.717) is 11.4 Å². The maximum absolute atomic E-state index is 11.0. The first-order valence-electron chi connectivity index (χ1n) is 7.92. The number of benzene rings is 2. The number of nitrogens with zero attached hydrogens (tertiary/aromatic N) is 1. The van der Waals surface area contributed by atoms with Crippen molar-refractivity contribution in [1.82, 2.24) is 4.57 Å². The zero-order valence-electron chi connectivity index (χ0n) is 13.8. The van der Waals surface area contributed by atoms with Crippen LogP contribution in [0.15, 0.2) is 60.7 Å². The highest BCUT2D eigenvalue weighted by Gasteiger charge is 2.15. The van der Waals surface area contributed by atoms with Crippen LogP contribution in [-0.2, 0) is 11.2 Å². The molecule has 1 aromatic heterocycles. The fraction of sp³-hybridized carbons (Fsp3) is 0.150. The molecule has 0 amide bonds. The lowest BCUT2D eigenvalue weighted by Crippen LogP contribution is -2.05. The van der Waals surface area contributed by atoms with Crippen LogP contribution in [0.1, 0.15) is 12.1 Å². The van der Waals surface area contributed by atoms with Gasteiger partial charge in [-0.2, -0.15) is 0 Å². The van der Waals surface area contributed by atoms with E-state index in [-0.39, 0.29) is 6.42 Å². The molecule has 0 aliphatic rings. The summed E-state index contributed by atoms with van der Waals surface area (Å²) in [5.41, 5.74) is 3.69. The number of para-hydroxylation sites is 1. The van der Waals surface area contributed by atoms with Gasteiger partial charge < -0.3 is 14.4 Å². The molecule has 0 bridgehead atoms. The molecule has 1 N–H and O–H groups in total. The monoisotopic (exact) mass is 355 g/mol. The van der Waals surface area contributed by atoms with Crippen molar-refractivity contribution in [3.05, 3.63) is 71.4 Å². The number of halogens is 1. The summed E-state index contributed by atoms with van der Waals surface area (Å²) >= 11 is 6.40. The molecule has 0 fully saturated rings. The predicted octanol–water partition coefficient (Wildman–Crippen LogP) is 4.82. The summed E-state index contributed by atoms with van der Waals surface area (Å²) in [6, 6.07) is 19.2. The third-order valence-corrected chi connectivity index (χ3v) is 4.36. The fourth-order valence-corrected chi connectivity index (χ4v) is 3.03. The number of carboxylic acids is 1. The normalized spacial score (nSPS) is 10.6. The highest BCUT2D eigenvalue weighted by atomic mass is 35.5. The molecule has 0 aliphatic carbocycles. The maximum Gasteiger partial charge on any atom is 0.303 e. The van der Waals surface area contributed by atoms with E-state index in [1.165, 1.54) is 0 Å². The largest absolute Gasteiger partial charge is 0.497 e. The van der Waals surface area contributed by atoms with E-state index >= 15 is 0 Å². The van der Waals surface area contributed by atoms with Crippen LogP contribution >= 0.6 is 11.6 Å². The molecular formula is C20H18ClNO3. The predicted molar refractivity (Wildman–Crippen MR) is 98.7 cm³/mol. The van der Waals surface area contributed by atoms with Gasteiger partial charge in [0.15, 0.2) is 0 Å². The second kappa shape index (κ2) is 7.45. The zero-order chi connectivity index (χ0) is 17.8. The minimum Gasteiger partial charge on any atom is -0.497 e. The van der Waals surface area contributed by atoms with Gasteiger partial charge in [0.2, 0.25) is 0 Å². The van der Waals surface area contributed by atoms with Gasteiger partial charge in [-0.05, 0) is 60.5 Å². The third kappa shape index (κ3) is 3.69. The third-order valence-electron chi connectivity index (χ3n) is 4.04. The molecule has 25 heavy (non-hydrogen) atoms. The molecule has 0 unspecified atom stereocenters. The van der Waals surface area contributed by atoms with Crippen molar-refractivity contribution in [1.29, 1.82) is 0 Å². The quantitative estimate of drug-likeness (QED) is 0.689. The Kier molecular flexibility index (Phi) is 5.10. The summed E-state index contributed by atoms with van der Waals surface area (Å²) in [6.07, 6.45) is 0.493. The SMILES string of the molecule is COc1ccc(-c2ccc(CCC(=O)O)n2-c2ccccc2Cl)cc1. The Labute approximate surface area is 151 Å². The number of aromatic nitrogens is 1. The maximum atomic E-state index is 11.0. The van der Waals surface area contributed by atoms with Gasteiger partial charge in [0.1, 0.15) is 5.75 Å². The molecule has 5 heteroatoms. The highest BCUT2D eigenvalue weighted by Crippen LogP contribution is 2.31. The van der Waals surface area contributed by atoms with E-state index in [1.807, 2.05) is 65.2 Å². The van der Waals surface area contributed by atoms with E-state index in [2.05, 4.69) is 0 Å². The van der Waals surface area contributed by atoms with Crippen molar-refractivity contribution >= 4 is 17.6 Å². The van der Waals surface area contributed by atoms with Crippen LogP contribution in [0.3, 0.4) is 0 Å². The smallest absolute Gasteiger partial charge is 0.303 e. The van der Waals surface area contributed by atoms with E-state index in [9.17, 15) is 4.79 Å². The molecule has 3 rings (SSSR count). The highest BCUT2D eigenvalue weighted by molar-refractivity contribution is 6.32. The summed E-state index contributed by atoms with van der Waals surface area (Å²) in [6.45, 7) is 0. The van der Waals surface area contributed by atoms with Crippen LogP contribution in [0.25, 0.3) is 16.9 Å². The van der Waals surface area contributed by atoms with Crippen molar-refractivity contribution in [2.24, 2.45) is 0 Å². The fourth-order valence-electron chi connectivity index (χ4n) is 2.81. The van der Waals surface area contributed by atoms with Crippen molar-refractivity contribution in [2.75, 3.05) is 7.11 Å². The van der Waals surface area contributed by atoms with Crippen LogP contribution in [0, 0.1) is 0 Å². The lowest BCUT2D eigenvalue weighted by Gasteiger charge is -2.15. The minimum absolute atomic E-state index is 0.0660. The van der Waals surface area contributed by atoms with Gasteiger partial charge in [0, 0.05) is 5.69 Å². The van der Waals surface area contributed by atoms with Crippen molar-refractivity contribution in [3.8, 4) is 22.7 Å². The van der Waals surface area contributed by atoms with E-state index in [0.717, 1.165) is 28.4 Å². The van der Waals surface area contributed by atoms with Gasteiger partial charge in [-0.25, -0.2) is 0 Å². The molecule has 1 heterocycles. The first-order chi connectivity index (χ1) is 12.1. The van der Waals surface area contributed by atoms with E-state index < -0.39 is 5.97 Å². The molecule has 4 nitrogen and oxygen atoms in total. The Morgan fingerprint density at radius 3 is 2.44 bits per heavy atom. The summed E-state index contributed by atoms with van der Waals surface area (Å²) < 4.78 is 7.24. The molecule has 0 spiro atoms. The number of hydrogen-bond donors (Lipinski definition) is 1. The molecule has 0 saturated carbocycles. The molecular weight excluding hydrogens is 338 g/mol. The zero-order valence-corrected chi connectivity index (χ0v) is 14.5. The Bertz CT molecular complexity index is 884. The number of rotatable bonds is 6. The number of aryl methyl sites for hydroxylation is 1. The number of hydrogen-bond acceptors (Lipinski definition) is 2.